The van der Waals surface area contributed by atoms with Crippen LogP contribution in [0.5, 0.6) is 11.5 Å². The topological polar surface area (TPSA) is 47.7 Å². The van der Waals surface area contributed by atoms with E-state index in [2.05, 4.69) is 105 Å². The molecule has 5 aromatic carbocycles. The van der Waals surface area contributed by atoms with Crippen molar-refractivity contribution in [3.8, 4) is 45.5 Å². The number of oxazole rings is 1. The Kier molecular flexibility index (Phi) is 5.76. The summed E-state index contributed by atoms with van der Waals surface area (Å²) in [7, 11) is 3.80. The minimum absolute atomic E-state index is 0.348. The molecule has 1 atom stereocenters. The SMILES string of the molecule is COc1ccc2c3c(c(-c4nc(-c5ccccc5)c(-c5ccccc5)o4)cc2c1)OC1(C=C3)N(C)c2ccccc2C1(C)C. The summed E-state index contributed by atoms with van der Waals surface area (Å²) in [5, 5.41) is 2.09. The van der Waals surface area contributed by atoms with E-state index in [4.69, 9.17) is 18.9 Å². The number of fused-ring (bicyclic) bond motifs is 4. The third-order valence-corrected chi connectivity index (χ3v) is 9.34. The second-order valence-corrected chi connectivity index (χ2v) is 12.0. The van der Waals surface area contributed by atoms with Crippen molar-refractivity contribution < 1.29 is 13.9 Å². The molecule has 2 aliphatic heterocycles. The minimum Gasteiger partial charge on any atom is -0.497 e. The van der Waals surface area contributed by atoms with Crippen molar-refractivity contribution in [2.24, 2.45) is 0 Å². The summed E-state index contributed by atoms with van der Waals surface area (Å²) < 4.78 is 19.7. The summed E-state index contributed by atoms with van der Waals surface area (Å²) >= 11 is 0. The van der Waals surface area contributed by atoms with Crippen LogP contribution in [0.2, 0.25) is 0 Å². The molecule has 5 heteroatoms. The molecular formula is C39H32N2O3. The van der Waals surface area contributed by atoms with Gasteiger partial charge in [-0.25, -0.2) is 4.98 Å². The van der Waals surface area contributed by atoms with Crippen molar-refractivity contribution in [1.82, 2.24) is 4.98 Å². The number of hydrogen-bond acceptors (Lipinski definition) is 5. The molecule has 5 nitrogen and oxygen atoms in total. The summed E-state index contributed by atoms with van der Waals surface area (Å²) in [6, 6.07) is 37.2. The molecule has 0 fully saturated rings. The van der Waals surface area contributed by atoms with Crippen molar-refractivity contribution in [2.45, 2.75) is 25.0 Å². The maximum atomic E-state index is 7.31. The van der Waals surface area contributed by atoms with E-state index in [1.54, 1.807) is 7.11 Å². The number of nitrogens with zero attached hydrogens (tertiary/aromatic N) is 2. The maximum Gasteiger partial charge on any atom is 0.231 e. The van der Waals surface area contributed by atoms with Gasteiger partial charge in [-0.05, 0) is 72.7 Å². The maximum absolute atomic E-state index is 7.31. The summed E-state index contributed by atoms with van der Waals surface area (Å²) in [5.41, 5.74) is 5.83. The third kappa shape index (κ3) is 3.69. The van der Waals surface area contributed by atoms with Crippen LogP contribution in [-0.4, -0.2) is 24.9 Å². The average molecular weight is 577 g/mol. The van der Waals surface area contributed by atoms with Gasteiger partial charge in [-0.1, -0.05) is 78.9 Å². The van der Waals surface area contributed by atoms with E-state index in [-0.39, 0.29) is 5.41 Å². The van der Waals surface area contributed by atoms with Crippen molar-refractivity contribution in [2.75, 3.05) is 19.1 Å². The van der Waals surface area contributed by atoms with Crippen LogP contribution in [0.15, 0.2) is 120 Å². The van der Waals surface area contributed by atoms with Crippen molar-refractivity contribution >= 4 is 22.5 Å². The zero-order valence-electron chi connectivity index (χ0n) is 25.2. The van der Waals surface area contributed by atoms with Crippen LogP contribution in [0, 0.1) is 0 Å². The Bertz CT molecular complexity index is 2020. The van der Waals surface area contributed by atoms with Crippen molar-refractivity contribution in [3.05, 3.63) is 126 Å². The van der Waals surface area contributed by atoms with Gasteiger partial charge in [-0.2, -0.15) is 0 Å². The number of methoxy groups -OCH3 is 1. The number of likely N-dealkylation sites (N-methyl/N-ethyl adjacent to an activating group) is 1. The lowest BCUT2D eigenvalue weighted by atomic mass is 9.76. The van der Waals surface area contributed by atoms with Gasteiger partial charge in [0.1, 0.15) is 17.2 Å². The highest BCUT2D eigenvalue weighted by Crippen LogP contribution is 2.56. The fourth-order valence-electron chi connectivity index (χ4n) is 6.96. The molecule has 0 N–H and O–H groups in total. The highest BCUT2D eigenvalue weighted by Gasteiger charge is 2.58. The monoisotopic (exact) mass is 576 g/mol. The van der Waals surface area contributed by atoms with Crippen LogP contribution >= 0.6 is 0 Å². The zero-order valence-corrected chi connectivity index (χ0v) is 25.2. The zero-order chi connectivity index (χ0) is 30.1. The Morgan fingerprint density at radius 2 is 1.50 bits per heavy atom. The Labute approximate surface area is 257 Å². The molecule has 1 aromatic heterocycles. The van der Waals surface area contributed by atoms with Gasteiger partial charge in [-0.3, -0.25) is 0 Å². The number of rotatable bonds is 4. The van der Waals surface area contributed by atoms with Crippen LogP contribution < -0.4 is 14.4 Å². The van der Waals surface area contributed by atoms with Crippen LogP contribution in [0.3, 0.4) is 0 Å². The molecule has 8 rings (SSSR count). The largest absolute Gasteiger partial charge is 0.497 e. The number of aromatic nitrogens is 1. The molecule has 0 bridgehead atoms. The molecule has 0 amide bonds. The van der Waals surface area contributed by atoms with Gasteiger partial charge in [0.2, 0.25) is 11.6 Å². The van der Waals surface area contributed by atoms with E-state index in [0.29, 0.717) is 5.89 Å². The summed E-state index contributed by atoms with van der Waals surface area (Å²) in [4.78, 5) is 7.43. The molecule has 0 saturated heterocycles. The Morgan fingerprint density at radius 1 is 0.795 bits per heavy atom. The number of para-hydroxylation sites is 1. The van der Waals surface area contributed by atoms with Gasteiger partial charge < -0.3 is 18.8 Å². The van der Waals surface area contributed by atoms with E-state index in [1.165, 1.54) is 5.56 Å². The minimum atomic E-state index is -0.754. The summed E-state index contributed by atoms with van der Waals surface area (Å²) in [6.45, 7) is 4.50. The molecule has 2 aliphatic rings. The van der Waals surface area contributed by atoms with Gasteiger partial charge in [0.25, 0.3) is 0 Å². The van der Waals surface area contributed by atoms with Crippen LogP contribution in [0.1, 0.15) is 25.0 Å². The molecule has 0 radical (unpaired) electrons. The molecule has 0 aliphatic carbocycles. The van der Waals surface area contributed by atoms with Crippen molar-refractivity contribution in [1.29, 1.82) is 0 Å². The summed E-state index contributed by atoms with van der Waals surface area (Å²) in [6.07, 6.45) is 4.42. The van der Waals surface area contributed by atoms with E-state index >= 15 is 0 Å². The Morgan fingerprint density at radius 3 is 2.23 bits per heavy atom. The second kappa shape index (κ2) is 9.61. The first-order chi connectivity index (χ1) is 21.4. The fraction of sp³-hybridized carbons (Fsp3) is 0.154. The molecule has 0 saturated carbocycles. The number of hydrogen-bond donors (Lipinski definition) is 0. The highest BCUT2D eigenvalue weighted by atomic mass is 16.5. The van der Waals surface area contributed by atoms with E-state index < -0.39 is 5.72 Å². The first-order valence-electron chi connectivity index (χ1n) is 14.9. The molecular weight excluding hydrogens is 544 g/mol. The predicted molar refractivity (Wildman–Crippen MR) is 177 cm³/mol. The number of benzene rings is 5. The lowest BCUT2D eigenvalue weighted by molar-refractivity contribution is 0.0588. The first kappa shape index (κ1) is 26.3. The molecule has 6 aromatic rings. The average Bonchev–Trinajstić information content (AvgIpc) is 3.58. The fourth-order valence-corrected chi connectivity index (χ4v) is 6.96. The molecule has 216 valence electrons. The molecule has 1 unspecified atom stereocenters. The molecule has 3 heterocycles. The summed E-state index contributed by atoms with van der Waals surface area (Å²) in [5.74, 6) is 2.76. The lowest BCUT2D eigenvalue weighted by Crippen LogP contribution is -2.58. The standard InChI is InChI=1S/C39H32N2O3/c1-38(2)32-17-11-12-18-33(32)41(3)39(38)22-21-30-29-20-19-28(42-4)23-27(29)24-31(36(30)44-39)37-40-34(25-13-7-5-8-14-25)35(43-37)26-15-9-6-10-16-26/h5-24H,1-4H3. The van der Waals surface area contributed by atoms with Crippen LogP contribution in [0.25, 0.3) is 50.9 Å². The smallest absolute Gasteiger partial charge is 0.231 e. The van der Waals surface area contributed by atoms with E-state index in [9.17, 15) is 0 Å². The molecule has 1 spiro atoms. The third-order valence-electron chi connectivity index (χ3n) is 9.34. The number of ether oxygens (including phenoxy) is 2. The first-order valence-corrected chi connectivity index (χ1v) is 14.9. The van der Waals surface area contributed by atoms with E-state index in [0.717, 1.165) is 61.7 Å². The van der Waals surface area contributed by atoms with Gasteiger partial charge in [0.05, 0.1) is 18.1 Å². The highest BCUT2D eigenvalue weighted by molar-refractivity contribution is 6.00. The Hall–Kier alpha value is -5.29. The van der Waals surface area contributed by atoms with Gasteiger partial charge in [0.15, 0.2) is 5.76 Å². The van der Waals surface area contributed by atoms with Crippen LogP contribution in [0.4, 0.5) is 5.69 Å². The quantitative estimate of drug-likeness (QED) is 0.209. The van der Waals surface area contributed by atoms with E-state index in [1.807, 2.05) is 42.5 Å². The van der Waals surface area contributed by atoms with Gasteiger partial charge >= 0.3 is 0 Å². The number of anilines is 1. The van der Waals surface area contributed by atoms with Gasteiger partial charge in [0, 0.05) is 29.4 Å². The predicted octanol–water partition coefficient (Wildman–Crippen LogP) is 9.37. The molecule has 44 heavy (non-hydrogen) atoms. The normalized spacial score (nSPS) is 17.9. The van der Waals surface area contributed by atoms with Crippen LogP contribution in [-0.2, 0) is 5.41 Å². The van der Waals surface area contributed by atoms with Crippen molar-refractivity contribution in [3.63, 3.8) is 0 Å². The van der Waals surface area contributed by atoms with Gasteiger partial charge in [-0.15, -0.1) is 0 Å². The second-order valence-electron chi connectivity index (χ2n) is 12.0. The Balaban J connectivity index is 1.39. The lowest BCUT2D eigenvalue weighted by Gasteiger charge is -2.46.